The van der Waals surface area contributed by atoms with Crippen molar-refractivity contribution >= 4 is 17.6 Å². The molecule has 0 radical (unpaired) electrons. The number of carbonyl (C=O) groups is 2. The van der Waals surface area contributed by atoms with E-state index in [-0.39, 0.29) is 17.4 Å². The Hall–Kier alpha value is -2.82. The monoisotopic (exact) mass is 391 g/mol. The molecule has 5 heteroatoms. The van der Waals surface area contributed by atoms with Crippen LogP contribution in [0.5, 0.6) is 0 Å². The van der Waals surface area contributed by atoms with Crippen LogP contribution in [0.4, 0.5) is 10.5 Å². The largest absolute Gasteiger partial charge is 0.337 e. The van der Waals surface area contributed by atoms with Crippen molar-refractivity contribution in [2.45, 2.75) is 50.5 Å². The third kappa shape index (κ3) is 4.44. The molecule has 1 saturated carbocycles. The fraction of sp³-hybridized carbons (Fsp3) is 0.417. The maximum Gasteiger partial charge on any atom is 0.315 e. The van der Waals surface area contributed by atoms with Crippen LogP contribution in [0.3, 0.4) is 0 Å². The number of hydrogen-bond acceptors (Lipinski definition) is 2. The molecule has 0 aromatic heterocycles. The molecule has 4 rings (SSSR count). The molecule has 1 aliphatic heterocycles. The summed E-state index contributed by atoms with van der Waals surface area (Å²) in [7, 11) is 0. The molecule has 152 valence electrons. The third-order valence-corrected chi connectivity index (χ3v) is 6.28. The number of benzene rings is 2. The number of amides is 3. The molecule has 5 nitrogen and oxygen atoms in total. The molecule has 0 atom stereocenters. The van der Waals surface area contributed by atoms with Crippen LogP contribution in [0.2, 0.25) is 0 Å². The van der Waals surface area contributed by atoms with Crippen LogP contribution in [0, 0.1) is 0 Å². The first-order valence-electron chi connectivity index (χ1n) is 10.6. The Bertz CT molecular complexity index is 859. The highest BCUT2D eigenvalue weighted by molar-refractivity contribution is 5.95. The van der Waals surface area contributed by atoms with Crippen LogP contribution in [-0.4, -0.2) is 25.0 Å². The van der Waals surface area contributed by atoms with Crippen LogP contribution in [-0.2, 0) is 16.8 Å². The maximum atomic E-state index is 12.5. The Labute approximate surface area is 172 Å². The predicted molar refractivity (Wildman–Crippen MR) is 115 cm³/mol. The van der Waals surface area contributed by atoms with Crippen molar-refractivity contribution in [2.75, 3.05) is 18.0 Å². The second kappa shape index (κ2) is 8.68. The number of rotatable bonds is 6. The van der Waals surface area contributed by atoms with E-state index >= 15 is 0 Å². The van der Waals surface area contributed by atoms with Crippen molar-refractivity contribution in [1.82, 2.24) is 10.6 Å². The highest BCUT2D eigenvalue weighted by Gasteiger charge is 2.35. The van der Waals surface area contributed by atoms with Gasteiger partial charge in [-0.2, -0.15) is 0 Å². The molecule has 3 amide bonds. The summed E-state index contributed by atoms with van der Waals surface area (Å²) in [6.45, 7) is 1.88. The summed E-state index contributed by atoms with van der Waals surface area (Å²) in [4.78, 5) is 26.2. The minimum Gasteiger partial charge on any atom is -0.337 e. The molecule has 29 heavy (non-hydrogen) atoms. The molecule has 2 aliphatic rings. The summed E-state index contributed by atoms with van der Waals surface area (Å²) < 4.78 is 0. The van der Waals surface area contributed by atoms with E-state index in [1.54, 1.807) is 0 Å². The van der Waals surface area contributed by atoms with Gasteiger partial charge in [-0.05, 0) is 42.5 Å². The molecule has 2 aromatic carbocycles. The van der Waals surface area contributed by atoms with Crippen molar-refractivity contribution in [2.24, 2.45) is 0 Å². The van der Waals surface area contributed by atoms with Crippen molar-refractivity contribution in [1.29, 1.82) is 0 Å². The highest BCUT2D eigenvalue weighted by Crippen LogP contribution is 2.40. The number of carbonyl (C=O) groups excluding carboxylic acids is 2. The molecule has 1 heterocycles. The fourth-order valence-corrected chi connectivity index (χ4v) is 4.66. The van der Waals surface area contributed by atoms with Gasteiger partial charge in [0.05, 0.1) is 0 Å². The molecule has 2 aromatic rings. The molecular formula is C24H29N3O2. The fourth-order valence-electron chi connectivity index (χ4n) is 4.66. The van der Waals surface area contributed by atoms with E-state index in [4.69, 9.17) is 0 Å². The smallest absolute Gasteiger partial charge is 0.315 e. The van der Waals surface area contributed by atoms with Crippen LogP contribution < -0.4 is 15.5 Å². The zero-order chi connectivity index (χ0) is 20.1. The first kappa shape index (κ1) is 19.5. The molecular weight excluding hydrogens is 362 g/mol. The molecule has 1 saturated heterocycles. The van der Waals surface area contributed by atoms with Gasteiger partial charge in [0.1, 0.15) is 0 Å². The Morgan fingerprint density at radius 3 is 2.48 bits per heavy atom. The van der Waals surface area contributed by atoms with E-state index in [1.165, 1.54) is 18.4 Å². The average Bonchev–Trinajstić information content (AvgIpc) is 3.41. The topological polar surface area (TPSA) is 61.4 Å². The van der Waals surface area contributed by atoms with Crippen molar-refractivity contribution in [3.8, 4) is 0 Å². The number of urea groups is 1. The van der Waals surface area contributed by atoms with Crippen molar-refractivity contribution in [3.63, 3.8) is 0 Å². The van der Waals surface area contributed by atoms with Gasteiger partial charge >= 0.3 is 6.03 Å². The minimum absolute atomic E-state index is 0.0502. The van der Waals surface area contributed by atoms with Crippen LogP contribution >= 0.6 is 0 Å². The van der Waals surface area contributed by atoms with Gasteiger partial charge in [-0.1, -0.05) is 55.3 Å². The normalized spacial score (nSPS) is 18.1. The van der Waals surface area contributed by atoms with Gasteiger partial charge in [-0.3, -0.25) is 4.79 Å². The lowest BCUT2D eigenvalue weighted by atomic mass is 9.79. The number of nitrogens with one attached hydrogen (secondary N) is 2. The van der Waals surface area contributed by atoms with Gasteiger partial charge in [-0.15, -0.1) is 0 Å². The summed E-state index contributed by atoms with van der Waals surface area (Å²) in [6.07, 6.45) is 6.17. The molecule has 2 fully saturated rings. The van der Waals surface area contributed by atoms with Crippen molar-refractivity contribution in [3.05, 3.63) is 65.7 Å². The summed E-state index contributed by atoms with van der Waals surface area (Å²) in [5.41, 5.74) is 3.28. The lowest BCUT2D eigenvalue weighted by Gasteiger charge is -2.30. The van der Waals surface area contributed by atoms with Gasteiger partial charge in [0.2, 0.25) is 5.91 Å². The van der Waals surface area contributed by atoms with E-state index in [2.05, 4.69) is 34.9 Å². The highest BCUT2D eigenvalue weighted by atomic mass is 16.2. The lowest BCUT2D eigenvalue weighted by Crippen LogP contribution is -2.43. The average molecular weight is 392 g/mol. The van der Waals surface area contributed by atoms with Gasteiger partial charge in [0.15, 0.2) is 0 Å². The molecule has 2 N–H and O–H groups in total. The SMILES string of the molecule is O=C(NCc1cccc(N2CCCC2=O)c1)NCC1(c2ccccc2)CCCC1. The van der Waals surface area contributed by atoms with E-state index in [9.17, 15) is 9.59 Å². The first-order chi connectivity index (χ1) is 14.2. The number of hydrogen-bond donors (Lipinski definition) is 2. The van der Waals surface area contributed by atoms with Gasteiger partial charge in [-0.25, -0.2) is 4.79 Å². The molecule has 0 bridgehead atoms. The van der Waals surface area contributed by atoms with E-state index in [1.807, 2.05) is 35.2 Å². The van der Waals surface area contributed by atoms with Gasteiger partial charge in [0.25, 0.3) is 0 Å². The summed E-state index contributed by atoms with van der Waals surface area (Å²) in [6, 6.07) is 18.3. The Morgan fingerprint density at radius 1 is 0.966 bits per heavy atom. The van der Waals surface area contributed by atoms with E-state index in [0.29, 0.717) is 19.5 Å². The van der Waals surface area contributed by atoms with Crippen LogP contribution in [0.15, 0.2) is 54.6 Å². The molecule has 0 unspecified atom stereocenters. The van der Waals surface area contributed by atoms with Crippen LogP contribution in [0.25, 0.3) is 0 Å². The maximum absolute atomic E-state index is 12.5. The van der Waals surface area contributed by atoms with Gasteiger partial charge < -0.3 is 15.5 Å². The van der Waals surface area contributed by atoms with Crippen molar-refractivity contribution < 1.29 is 9.59 Å². The Morgan fingerprint density at radius 2 is 1.76 bits per heavy atom. The molecule has 1 aliphatic carbocycles. The van der Waals surface area contributed by atoms with Crippen LogP contribution in [0.1, 0.15) is 49.7 Å². The zero-order valence-electron chi connectivity index (χ0n) is 16.8. The lowest BCUT2D eigenvalue weighted by molar-refractivity contribution is -0.117. The first-order valence-corrected chi connectivity index (χ1v) is 10.6. The summed E-state index contributed by atoms with van der Waals surface area (Å²) in [5.74, 6) is 0.177. The quantitative estimate of drug-likeness (QED) is 0.778. The predicted octanol–water partition coefficient (Wildman–Crippen LogP) is 4.12. The summed E-state index contributed by atoms with van der Waals surface area (Å²) >= 11 is 0. The molecule has 0 spiro atoms. The Balaban J connectivity index is 1.33. The Kier molecular flexibility index (Phi) is 5.84. The second-order valence-electron chi connectivity index (χ2n) is 8.21. The van der Waals surface area contributed by atoms with Gasteiger partial charge in [0, 0.05) is 37.2 Å². The van der Waals surface area contributed by atoms with E-state index < -0.39 is 0 Å². The van der Waals surface area contributed by atoms with E-state index in [0.717, 1.165) is 37.1 Å². The standard InChI is InChI=1S/C24H29N3O2/c28-22-12-7-15-27(22)21-11-6-8-19(16-21)17-25-23(29)26-18-24(13-4-5-14-24)20-9-2-1-3-10-20/h1-3,6,8-11,16H,4-5,7,12-15,17-18H2,(H2,25,26,29). The summed E-state index contributed by atoms with van der Waals surface area (Å²) in [5, 5.41) is 6.06. The third-order valence-electron chi connectivity index (χ3n) is 6.28. The second-order valence-corrected chi connectivity index (χ2v) is 8.21. The minimum atomic E-state index is -0.144. The number of nitrogens with zero attached hydrogens (tertiary/aromatic N) is 1. The number of anilines is 1. The zero-order valence-corrected chi connectivity index (χ0v) is 16.8.